The van der Waals surface area contributed by atoms with Gasteiger partial charge in [-0.25, -0.2) is 0 Å². The number of aromatic nitrogens is 1. The Hall–Kier alpha value is -1.28. The number of nitrogens with zero attached hydrogens (tertiary/aromatic N) is 1. The van der Waals surface area contributed by atoms with Crippen LogP contribution in [0.15, 0.2) is 18.2 Å². The molecule has 0 amide bonds. The van der Waals surface area contributed by atoms with Gasteiger partial charge in [-0.3, -0.25) is 0 Å². The molecule has 1 aliphatic carbocycles. The van der Waals surface area contributed by atoms with E-state index in [1.807, 2.05) is 0 Å². The maximum absolute atomic E-state index is 5.95. The molecule has 0 spiro atoms. The van der Waals surface area contributed by atoms with Crippen LogP contribution in [0.1, 0.15) is 42.5 Å². The fourth-order valence-corrected chi connectivity index (χ4v) is 3.48. The van der Waals surface area contributed by atoms with Crippen molar-refractivity contribution < 1.29 is 0 Å². The maximum Gasteiger partial charge on any atom is 0.0483 e. The van der Waals surface area contributed by atoms with Crippen molar-refractivity contribution in [2.24, 2.45) is 12.8 Å². The normalized spacial score (nSPS) is 19.2. The second kappa shape index (κ2) is 4.43. The van der Waals surface area contributed by atoms with Crippen molar-refractivity contribution >= 4 is 10.9 Å². The highest BCUT2D eigenvalue weighted by atomic mass is 15.0. The van der Waals surface area contributed by atoms with E-state index in [0.29, 0.717) is 5.92 Å². The first-order valence-electron chi connectivity index (χ1n) is 7.06. The van der Waals surface area contributed by atoms with Crippen LogP contribution in [0, 0.1) is 0 Å². The van der Waals surface area contributed by atoms with E-state index in [9.17, 15) is 0 Å². The van der Waals surface area contributed by atoms with E-state index in [1.54, 1.807) is 5.56 Å². The van der Waals surface area contributed by atoms with Crippen molar-refractivity contribution in [3.05, 3.63) is 35.0 Å². The summed E-state index contributed by atoms with van der Waals surface area (Å²) in [6.45, 7) is 3.00. The van der Waals surface area contributed by atoms with Gasteiger partial charge in [0, 0.05) is 36.1 Å². The van der Waals surface area contributed by atoms with Crippen LogP contribution >= 0.6 is 0 Å². The molecular weight excluding hydrogens is 220 g/mol. The first-order valence-corrected chi connectivity index (χ1v) is 7.06. The lowest BCUT2D eigenvalue weighted by molar-refractivity contribution is 0.534. The zero-order valence-electron chi connectivity index (χ0n) is 11.4. The average molecular weight is 242 g/mol. The number of fused-ring (bicyclic) bond motifs is 3. The van der Waals surface area contributed by atoms with E-state index in [1.165, 1.54) is 41.4 Å². The molecule has 0 saturated carbocycles. The third-order valence-electron chi connectivity index (χ3n) is 4.48. The smallest absolute Gasteiger partial charge is 0.0483 e. The molecule has 0 fully saturated rings. The predicted octanol–water partition coefficient (Wildman–Crippen LogP) is 3.12. The summed E-state index contributed by atoms with van der Waals surface area (Å²) in [4.78, 5) is 0. The Morgan fingerprint density at radius 2 is 2.22 bits per heavy atom. The van der Waals surface area contributed by atoms with Gasteiger partial charge in [0.05, 0.1) is 0 Å². The van der Waals surface area contributed by atoms with Gasteiger partial charge in [-0.05, 0) is 48.9 Å². The summed E-state index contributed by atoms with van der Waals surface area (Å²) >= 11 is 0. The fraction of sp³-hybridized carbons (Fsp3) is 0.500. The number of hydrogen-bond acceptors (Lipinski definition) is 1. The van der Waals surface area contributed by atoms with Crippen LogP contribution in [0.3, 0.4) is 0 Å². The Kier molecular flexibility index (Phi) is 2.90. The number of aryl methyl sites for hydroxylation is 3. The van der Waals surface area contributed by atoms with Gasteiger partial charge < -0.3 is 10.3 Å². The lowest BCUT2D eigenvalue weighted by Gasteiger charge is -2.23. The van der Waals surface area contributed by atoms with Crippen LogP contribution in [0.2, 0.25) is 0 Å². The first-order chi connectivity index (χ1) is 8.76. The zero-order chi connectivity index (χ0) is 12.7. The molecule has 1 aliphatic rings. The summed E-state index contributed by atoms with van der Waals surface area (Å²) in [7, 11) is 2.20. The number of hydrogen-bond donors (Lipinski definition) is 1. The van der Waals surface area contributed by atoms with Gasteiger partial charge in [-0.15, -0.1) is 0 Å². The van der Waals surface area contributed by atoms with Crippen LogP contribution in [0.25, 0.3) is 10.9 Å². The van der Waals surface area contributed by atoms with E-state index in [-0.39, 0.29) is 0 Å². The third-order valence-corrected chi connectivity index (χ3v) is 4.48. The molecule has 0 saturated heterocycles. The largest absolute Gasteiger partial charge is 0.347 e. The zero-order valence-corrected chi connectivity index (χ0v) is 11.4. The molecule has 1 aromatic heterocycles. The second-order valence-corrected chi connectivity index (χ2v) is 5.45. The minimum absolute atomic E-state index is 0.552. The first kappa shape index (κ1) is 11.8. The molecule has 18 heavy (non-hydrogen) atoms. The summed E-state index contributed by atoms with van der Waals surface area (Å²) in [5.74, 6) is 0.552. The van der Waals surface area contributed by atoms with E-state index in [4.69, 9.17) is 5.73 Å². The topological polar surface area (TPSA) is 30.9 Å². The van der Waals surface area contributed by atoms with Crippen molar-refractivity contribution in [1.29, 1.82) is 0 Å². The van der Waals surface area contributed by atoms with Gasteiger partial charge in [0.1, 0.15) is 0 Å². The van der Waals surface area contributed by atoms with Crippen molar-refractivity contribution in [3.8, 4) is 0 Å². The molecule has 3 rings (SSSR count). The quantitative estimate of drug-likeness (QED) is 0.862. The summed E-state index contributed by atoms with van der Waals surface area (Å²) in [6.07, 6.45) is 4.86. The van der Waals surface area contributed by atoms with Crippen molar-refractivity contribution in [2.75, 3.05) is 6.54 Å². The number of benzene rings is 1. The molecular formula is C16H22N2. The van der Waals surface area contributed by atoms with Gasteiger partial charge in [0.25, 0.3) is 0 Å². The summed E-state index contributed by atoms with van der Waals surface area (Å²) < 4.78 is 2.38. The van der Waals surface area contributed by atoms with Gasteiger partial charge in [-0.2, -0.15) is 0 Å². The molecule has 2 N–H and O–H groups in total. The molecule has 1 atom stereocenters. The molecule has 1 heterocycles. The van der Waals surface area contributed by atoms with Crippen LogP contribution < -0.4 is 5.73 Å². The minimum atomic E-state index is 0.552. The van der Waals surface area contributed by atoms with Crippen molar-refractivity contribution in [1.82, 2.24) is 4.57 Å². The van der Waals surface area contributed by atoms with E-state index >= 15 is 0 Å². The highest BCUT2D eigenvalue weighted by Gasteiger charge is 2.25. The van der Waals surface area contributed by atoms with E-state index in [2.05, 4.69) is 36.7 Å². The lowest BCUT2D eigenvalue weighted by atomic mass is 9.86. The second-order valence-electron chi connectivity index (χ2n) is 5.45. The predicted molar refractivity (Wildman–Crippen MR) is 77.0 cm³/mol. The van der Waals surface area contributed by atoms with Crippen molar-refractivity contribution in [2.45, 2.75) is 38.5 Å². The molecule has 1 unspecified atom stereocenters. The molecule has 1 aromatic carbocycles. The Morgan fingerprint density at radius 3 is 2.94 bits per heavy atom. The third kappa shape index (κ3) is 1.59. The molecule has 2 heteroatoms. The maximum atomic E-state index is 5.95. The molecule has 0 bridgehead atoms. The number of nitrogens with two attached hydrogens (primary N) is 1. The Labute approximate surface area is 109 Å². The lowest BCUT2D eigenvalue weighted by Crippen LogP contribution is -2.20. The monoisotopic (exact) mass is 242 g/mol. The summed E-state index contributed by atoms with van der Waals surface area (Å²) in [5, 5.41) is 1.46. The van der Waals surface area contributed by atoms with Gasteiger partial charge in [0.15, 0.2) is 0 Å². The standard InChI is InChI=1S/C16H22N2/c1-3-11-7-8-15-14(9-11)13-6-4-5-12(10-17)16(13)18(15)2/h7-9,12H,3-6,10,17H2,1-2H3. The number of rotatable bonds is 2. The van der Waals surface area contributed by atoms with Crippen LogP contribution in [-0.4, -0.2) is 11.1 Å². The van der Waals surface area contributed by atoms with Crippen molar-refractivity contribution in [3.63, 3.8) is 0 Å². The molecule has 0 radical (unpaired) electrons. The fourth-order valence-electron chi connectivity index (χ4n) is 3.48. The van der Waals surface area contributed by atoms with Gasteiger partial charge in [-0.1, -0.05) is 13.0 Å². The Balaban J connectivity index is 2.28. The molecule has 0 aliphatic heterocycles. The highest BCUT2D eigenvalue weighted by molar-refractivity contribution is 5.86. The Bertz CT molecular complexity index is 580. The SMILES string of the molecule is CCc1ccc2c(c1)c1c(n2C)C(CN)CCC1. The summed E-state index contributed by atoms with van der Waals surface area (Å²) in [5.41, 5.74) is 11.8. The van der Waals surface area contributed by atoms with Gasteiger partial charge in [0.2, 0.25) is 0 Å². The highest BCUT2D eigenvalue weighted by Crippen LogP contribution is 2.37. The minimum Gasteiger partial charge on any atom is -0.347 e. The van der Waals surface area contributed by atoms with E-state index < -0.39 is 0 Å². The van der Waals surface area contributed by atoms with E-state index in [0.717, 1.165) is 13.0 Å². The average Bonchev–Trinajstić information content (AvgIpc) is 2.72. The summed E-state index contributed by atoms with van der Waals surface area (Å²) in [6, 6.07) is 6.92. The Morgan fingerprint density at radius 1 is 1.39 bits per heavy atom. The molecule has 2 aromatic rings. The van der Waals surface area contributed by atoms with Gasteiger partial charge >= 0.3 is 0 Å². The molecule has 96 valence electrons. The van der Waals surface area contributed by atoms with Crippen LogP contribution in [-0.2, 0) is 19.9 Å². The van der Waals surface area contributed by atoms with Crippen LogP contribution in [0.4, 0.5) is 0 Å². The van der Waals surface area contributed by atoms with Crippen LogP contribution in [0.5, 0.6) is 0 Å². The molecule has 2 nitrogen and oxygen atoms in total.